The van der Waals surface area contributed by atoms with Gasteiger partial charge in [-0.3, -0.25) is 10.2 Å². The third-order valence-corrected chi connectivity index (χ3v) is 6.79. The zero-order chi connectivity index (χ0) is 26.9. The van der Waals surface area contributed by atoms with E-state index in [4.69, 9.17) is 14.2 Å². The van der Waals surface area contributed by atoms with Crippen molar-refractivity contribution in [3.63, 3.8) is 0 Å². The Kier molecular flexibility index (Phi) is 9.67. The molecule has 1 saturated heterocycles. The molecule has 7 heteroatoms. The molecule has 0 saturated carbocycles. The Morgan fingerprint density at radius 2 is 1.87 bits per heavy atom. The molecule has 2 N–H and O–H groups in total. The monoisotopic (exact) mass is 516 g/mol. The van der Waals surface area contributed by atoms with Crippen molar-refractivity contribution in [2.75, 3.05) is 25.5 Å². The molecular weight excluding hydrogens is 480 g/mol. The van der Waals surface area contributed by atoms with Gasteiger partial charge in [0.2, 0.25) is 0 Å². The van der Waals surface area contributed by atoms with E-state index in [0.29, 0.717) is 18.7 Å². The SMILES string of the molecule is C=CCOC(=O)Nc1cccc([C@H]2O[C@@H](CN(C)[C@@H](C)c3ccccc3)C[C@@H](c3ccc(CO)cc3)O2)c1. The van der Waals surface area contributed by atoms with Crippen molar-refractivity contribution < 1.29 is 24.1 Å². The number of hydrogen-bond acceptors (Lipinski definition) is 6. The van der Waals surface area contributed by atoms with Gasteiger partial charge in [-0.05, 0) is 42.8 Å². The molecule has 200 valence electrons. The van der Waals surface area contributed by atoms with Crippen molar-refractivity contribution in [3.05, 3.63) is 114 Å². The largest absolute Gasteiger partial charge is 0.445 e. The summed E-state index contributed by atoms with van der Waals surface area (Å²) in [7, 11) is 2.11. The lowest BCUT2D eigenvalue weighted by Crippen LogP contribution is -2.38. The molecule has 1 fully saturated rings. The summed E-state index contributed by atoms with van der Waals surface area (Å²) in [4.78, 5) is 14.3. The molecule has 4 rings (SSSR count). The van der Waals surface area contributed by atoms with Gasteiger partial charge in [0.15, 0.2) is 6.29 Å². The van der Waals surface area contributed by atoms with Crippen LogP contribution in [-0.4, -0.2) is 42.4 Å². The molecule has 3 aromatic rings. The Morgan fingerprint density at radius 3 is 2.58 bits per heavy atom. The first-order valence-corrected chi connectivity index (χ1v) is 12.9. The number of benzene rings is 3. The van der Waals surface area contributed by atoms with Gasteiger partial charge in [-0.15, -0.1) is 0 Å². The summed E-state index contributed by atoms with van der Waals surface area (Å²) in [5.74, 6) is 0. The number of hydrogen-bond donors (Lipinski definition) is 2. The average molecular weight is 517 g/mol. The highest BCUT2D eigenvalue weighted by Crippen LogP contribution is 2.39. The molecule has 0 unspecified atom stereocenters. The highest BCUT2D eigenvalue weighted by molar-refractivity contribution is 5.84. The van der Waals surface area contributed by atoms with Crippen molar-refractivity contribution in [2.24, 2.45) is 0 Å². The minimum Gasteiger partial charge on any atom is -0.445 e. The summed E-state index contributed by atoms with van der Waals surface area (Å²) in [6, 6.07) is 25.9. The van der Waals surface area contributed by atoms with Crippen LogP contribution in [0, 0.1) is 0 Å². The van der Waals surface area contributed by atoms with Crippen molar-refractivity contribution >= 4 is 11.8 Å². The van der Waals surface area contributed by atoms with Crippen LogP contribution in [0.4, 0.5) is 10.5 Å². The number of carbonyl (C=O) groups excluding carboxylic acids is 1. The van der Waals surface area contributed by atoms with Crippen LogP contribution in [0.1, 0.15) is 54.0 Å². The number of carbonyl (C=O) groups is 1. The predicted octanol–water partition coefficient (Wildman–Crippen LogP) is 6.15. The van der Waals surface area contributed by atoms with E-state index < -0.39 is 12.4 Å². The van der Waals surface area contributed by atoms with E-state index in [2.05, 4.69) is 55.0 Å². The standard InChI is InChI=1S/C31H36N2O5/c1-4-17-36-31(35)32-27-12-8-11-26(18-27)30-37-28(20-33(3)22(2)24-9-6-5-7-10-24)19-29(38-30)25-15-13-23(21-34)14-16-25/h4-16,18,22,28-30,34H,1,17,19-21H2,2-3H3,(H,32,35)/t22-,28+,29-,30-/m0/s1. The fraction of sp³-hybridized carbons (Fsp3) is 0.323. The van der Waals surface area contributed by atoms with Crippen LogP contribution in [-0.2, 0) is 20.8 Å². The molecule has 0 spiro atoms. The molecule has 1 aliphatic heterocycles. The van der Waals surface area contributed by atoms with Crippen molar-refractivity contribution in [2.45, 2.75) is 44.5 Å². The third kappa shape index (κ3) is 7.30. The van der Waals surface area contributed by atoms with Gasteiger partial charge < -0.3 is 19.3 Å². The number of nitrogens with zero attached hydrogens (tertiary/aromatic N) is 1. The van der Waals surface area contributed by atoms with E-state index in [-0.39, 0.29) is 31.5 Å². The topological polar surface area (TPSA) is 80.3 Å². The Balaban J connectivity index is 1.54. The van der Waals surface area contributed by atoms with Crippen molar-refractivity contribution in [1.82, 2.24) is 4.90 Å². The second kappa shape index (κ2) is 13.3. The van der Waals surface area contributed by atoms with Crippen LogP contribution >= 0.6 is 0 Å². The molecule has 3 aromatic carbocycles. The lowest BCUT2D eigenvalue weighted by Gasteiger charge is -2.39. The molecule has 0 aromatic heterocycles. The normalized spacial score (nSPS) is 20.1. The van der Waals surface area contributed by atoms with E-state index in [1.54, 1.807) is 6.07 Å². The maximum Gasteiger partial charge on any atom is 0.411 e. The zero-order valence-corrected chi connectivity index (χ0v) is 22.0. The third-order valence-electron chi connectivity index (χ3n) is 6.79. The molecule has 38 heavy (non-hydrogen) atoms. The molecule has 1 aliphatic rings. The number of rotatable bonds is 10. The van der Waals surface area contributed by atoms with Gasteiger partial charge in [0.1, 0.15) is 6.61 Å². The van der Waals surface area contributed by atoms with Gasteiger partial charge in [0.05, 0.1) is 18.8 Å². The number of aliphatic hydroxyl groups is 1. The molecule has 1 amide bonds. The highest BCUT2D eigenvalue weighted by Gasteiger charge is 2.33. The Bertz CT molecular complexity index is 1180. The Morgan fingerprint density at radius 1 is 1.11 bits per heavy atom. The molecule has 4 atom stereocenters. The van der Waals surface area contributed by atoms with Crippen LogP contribution in [0.15, 0.2) is 91.5 Å². The zero-order valence-electron chi connectivity index (χ0n) is 22.0. The van der Waals surface area contributed by atoms with Crippen LogP contribution in [0.2, 0.25) is 0 Å². The van der Waals surface area contributed by atoms with Crippen molar-refractivity contribution in [1.29, 1.82) is 0 Å². The molecule has 7 nitrogen and oxygen atoms in total. The molecule has 1 heterocycles. The second-order valence-corrected chi connectivity index (χ2v) is 9.51. The number of aliphatic hydroxyl groups excluding tert-OH is 1. The minimum atomic E-state index is -0.623. The average Bonchev–Trinajstić information content (AvgIpc) is 2.96. The van der Waals surface area contributed by atoms with Crippen LogP contribution in [0.5, 0.6) is 0 Å². The number of anilines is 1. The highest BCUT2D eigenvalue weighted by atomic mass is 16.7. The first-order valence-electron chi connectivity index (χ1n) is 12.9. The van der Waals surface area contributed by atoms with Crippen molar-refractivity contribution in [3.8, 4) is 0 Å². The predicted molar refractivity (Wildman–Crippen MR) is 148 cm³/mol. The number of likely N-dealkylation sites (N-methyl/N-ethyl adjacent to an activating group) is 1. The van der Waals surface area contributed by atoms with E-state index in [1.165, 1.54) is 11.6 Å². The summed E-state index contributed by atoms with van der Waals surface area (Å²) >= 11 is 0. The second-order valence-electron chi connectivity index (χ2n) is 9.51. The minimum absolute atomic E-state index is 0.00262. The summed E-state index contributed by atoms with van der Waals surface area (Å²) in [6.07, 6.45) is 0.740. The van der Waals surface area contributed by atoms with Gasteiger partial charge in [0.25, 0.3) is 0 Å². The van der Waals surface area contributed by atoms with Crippen LogP contribution in [0.3, 0.4) is 0 Å². The lowest BCUT2D eigenvalue weighted by molar-refractivity contribution is -0.253. The quantitative estimate of drug-likeness (QED) is 0.315. The maximum absolute atomic E-state index is 12.0. The molecule has 0 bridgehead atoms. The first kappa shape index (κ1) is 27.5. The molecular formula is C31H36N2O5. The van der Waals surface area contributed by atoms with Gasteiger partial charge in [-0.25, -0.2) is 4.79 Å². The lowest BCUT2D eigenvalue weighted by atomic mass is 9.99. The van der Waals surface area contributed by atoms with Gasteiger partial charge in [0, 0.05) is 30.3 Å². The Hall–Kier alpha value is -3.49. The Labute approximate surface area is 224 Å². The maximum atomic E-state index is 12.0. The van der Waals surface area contributed by atoms with E-state index in [9.17, 15) is 9.90 Å². The molecule has 0 radical (unpaired) electrons. The van der Waals surface area contributed by atoms with E-state index >= 15 is 0 Å². The molecule has 0 aliphatic carbocycles. The summed E-state index contributed by atoms with van der Waals surface area (Å²) < 4.78 is 18.0. The first-order chi connectivity index (χ1) is 18.5. The number of ether oxygens (including phenoxy) is 3. The summed E-state index contributed by atoms with van der Waals surface area (Å²) in [5.41, 5.74) is 4.52. The number of amides is 1. The van der Waals surface area contributed by atoms with Crippen LogP contribution < -0.4 is 5.32 Å². The fourth-order valence-electron chi connectivity index (χ4n) is 4.55. The van der Waals surface area contributed by atoms with Gasteiger partial charge in [-0.2, -0.15) is 0 Å². The summed E-state index contributed by atoms with van der Waals surface area (Å²) in [6.45, 7) is 6.60. The van der Waals surface area contributed by atoms with Gasteiger partial charge >= 0.3 is 6.09 Å². The van der Waals surface area contributed by atoms with Gasteiger partial charge in [-0.1, -0.05) is 79.4 Å². The smallest absolute Gasteiger partial charge is 0.411 e. The fourth-order valence-corrected chi connectivity index (χ4v) is 4.55. The van der Waals surface area contributed by atoms with Crippen LogP contribution in [0.25, 0.3) is 0 Å². The number of nitrogens with one attached hydrogen (secondary N) is 1. The van der Waals surface area contributed by atoms with E-state index in [0.717, 1.165) is 16.7 Å². The van der Waals surface area contributed by atoms with E-state index in [1.807, 2.05) is 48.5 Å². The summed E-state index contributed by atoms with van der Waals surface area (Å²) in [5, 5.41) is 12.2.